The molecule has 12 nitrogen and oxygen atoms in total. The lowest BCUT2D eigenvalue weighted by molar-refractivity contribution is -0.383. The molecule has 1 aromatic heterocycles. The van der Waals surface area contributed by atoms with Crippen molar-refractivity contribution < 1.29 is 19.2 Å². The Balaban J connectivity index is 1.62. The van der Waals surface area contributed by atoms with E-state index in [2.05, 4.69) is 31.7 Å². The van der Waals surface area contributed by atoms with Gasteiger partial charge < -0.3 is 4.74 Å². The van der Waals surface area contributed by atoms with E-state index >= 15 is 0 Å². The molecule has 0 radical (unpaired) electrons. The third-order valence-electron chi connectivity index (χ3n) is 3.98. The van der Waals surface area contributed by atoms with Crippen LogP contribution in [0.25, 0.3) is 0 Å². The van der Waals surface area contributed by atoms with E-state index in [0.717, 1.165) is 6.33 Å². The monoisotopic (exact) mass is 525 g/mol. The minimum Gasteiger partial charge on any atom is -0.482 e. The van der Waals surface area contributed by atoms with Gasteiger partial charge in [-0.1, -0.05) is 34.8 Å². The van der Waals surface area contributed by atoms with Crippen LogP contribution in [0.1, 0.15) is 10.4 Å². The molecule has 0 spiro atoms. The zero-order valence-electron chi connectivity index (χ0n) is 16.8. The Labute approximate surface area is 206 Å². The first-order valence-electron chi connectivity index (χ1n) is 9.18. The number of carbonyl (C=O) groups excluding carboxylic acids is 2. The molecule has 0 aliphatic rings. The largest absolute Gasteiger partial charge is 0.482 e. The molecular formula is C19H14Cl3N7O5. The molecule has 34 heavy (non-hydrogen) atoms. The summed E-state index contributed by atoms with van der Waals surface area (Å²) >= 11 is 17.5. The highest BCUT2D eigenvalue weighted by atomic mass is 35.5. The number of aromatic nitrogens is 2. The zero-order chi connectivity index (χ0) is 24.7. The third-order valence-corrected chi connectivity index (χ3v) is 4.76. The molecule has 0 fully saturated rings. The first kappa shape index (κ1) is 24.8. The lowest BCUT2D eigenvalue weighted by Crippen LogP contribution is -2.34. The van der Waals surface area contributed by atoms with Crippen molar-refractivity contribution in [2.75, 3.05) is 17.5 Å². The van der Waals surface area contributed by atoms with E-state index in [1.807, 2.05) is 0 Å². The molecule has 2 aromatic carbocycles. The van der Waals surface area contributed by atoms with Crippen LogP contribution in [0.5, 0.6) is 5.75 Å². The molecule has 0 atom stereocenters. The van der Waals surface area contributed by atoms with Crippen LogP contribution in [-0.4, -0.2) is 33.3 Å². The molecule has 1 heterocycles. The van der Waals surface area contributed by atoms with Crippen molar-refractivity contribution in [3.63, 3.8) is 0 Å². The predicted molar refractivity (Wildman–Crippen MR) is 125 cm³/mol. The quantitative estimate of drug-likeness (QED) is 0.241. The SMILES string of the molecule is O=C(COc1ccc(Cl)cc1Cl)NNc1ncnc(NNC(=O)c2ccc(Cl)cc2)c1[N+](=O)[O-]. The van der Waals surface area contributed by atoms with Gasteiger partial charge in [0.15, 0.2) is 6.61 Å². The van der Waals surface area contributed by atoms with Crippen LogP contribution in [0.4, 0.5) is 17.3 Å². The number of amides is 2. The summed E-state index contributed by atoms with van der Waals surface area (Å²) in [7, 11) is 0. The van der Waals surface area contributed by atoms with Gasteiger partial charge >= 0.3 is 5.69 Å². The van der Waals surface area contributed by atoms with Crippen molar-refractivity contribution in [1.82, 2.24) is 20.8 Å². The molecule has 3 aromatic rings. The number of halogens is 3. The van der Waals surface area contributed by atoms with Gasteiger partial charge in [0.25, 0.3) is 11.8 Å². The van der Waals surface area contributed by atoms with Crippen LogP contribution in [0.3, 0.4) is 0 Å². The van der Waals surface area contributed by atoms with Crippen LogP contribution in [0, 0.1) is 10.1 Å². The van der Waals surface area contributed by atoms with Crippen molar-refractivity contribution in [2.45, 2.75) is 0 Å². The summed E-state index contributed by atoms with van der Waals surface area (Å²) in [5, 5.41) is 12.6. The number of ether oxygens (including phenoxy) is 1. The standard InChI is InChI=1S/C19H14Cl3N7O5/c20-11-3-1-10(2-4-11)19(31)28-27-18-16(29(32)33)17(23-9-24-18)26-25-15(30)8-34-14-6-5-12(21)7-13(14)22/h1-7,9H,8H2,(H,25,30)(H,28,31)(H2,23,24,26,27). The Kier molecular flexibility index (Phi) is 8.24. The molecular weight excluding hydrogens is 513 g/mol. The average molecular weight is 527 g/mol. The number of hydrazine groups is 2. The Hall–Kier alpha value is -3.87. The van der Waals surface area contributed by atoms with E-state index in [4.69, 9.17) is 39.5 Å². The van der Waals surface area contributed by atoms with Crippen LogP contribution < -0.4 is 26.4 Å². The van der Waals surface area contributed by atoms with Crippen molar-refractivity contribution in [3.05, 3.63) is 79.5 Å². The molecule has 176 valence electrons. The highest BCUT2D eigenvalue weighted by molar-refractivity contribution is 6.35. The first-order chi connectivity index (χ1) is 16.2. The first-order valence-corrected chi connectivity index (χ1v) is 10.3. The summed E-state index contributed by atoms with van der Waals surface area (Å²) in [5.41, 5.74) is 8.80. The number of nitrogens with one attached hydrogen (secondary N) is 4. The number of anilines is 2. The van der Waals surface area contributed by atoms with Crippen LogP contribution in [-0.2, 0) is 4.79 Å². The third kappa shape index (κ3) is 6.57. The van der Waals surface area contributed by atoms with Gasteiger partial charge in [-0.15, -0.1) is 0 Å². The highest BCUT2D eigenvalue weighted by Gasteiger charge is 2.24. The molecule has 2 amide bonds. The number of hydrogen-bond donors (Lipinski definition) is 4. The minimum absolute atomic E-state index is 0.205. The number of nitrogens with zero attached hydrogens (tertiary/aromatic N) is 3. The Morgan fingerprint density at radius 2 is 1.56 bits per heavy atom. The maximum Gasteiger partial charge on any atom is 0.356 e. The minimum atomic E-state index is -0.796. The van der Waals surface area contributed by atoms with E-state index in [0.29, 0.717) is 10.0 Å². The fraction of sp³-hybridized carbons (Fsp3) is 0.0526. The van der Waals surface area contributed by atoms with Gasteiger partial charge in [0.05, 0.1) is 9.95 Å². The van der Waals surface area contributed by atoms with Crippen molar-refractivity contribution in [2.24, 2.45) is 0 Å². The maximum absolute atomic E-state index is 12.2. The number of hydrogen-bond acceptors (Lipinski definition) is 9. The molecule has 0 saturated carbocycles. The summed E-state index contributed by atoms with van der Waals surface area (Å²) in [4.78, 5) is 42.6. The van der Waals surface area contributed by atoms with Crippen molar-refractivity contribution in [3.8, 4) is 5.75 Å². The summed E-state index contributed by atoms with van der Waals surface area (Å²) in [6.45, 7) is -0.463. The number of nitro groups is 1. The predicted octanol–water partition coefficient (Wildman–Crippen LogP) is 3.62. The smallest absolute Gasteiger partial charge is 0.356 e. The summed E-state index contributed by atoms with van der Waals surface area (Å²) in [6, 6.07) is 10.4. The molecule has 4 N–H and O–H groups in total. The topological polar surface area (TPSA) is 160 Å². The molecule has 0 bridgehead atoms. The normalized spacial score (nSPS) is 10.2. The molecule has 0 aliphatic heterocycles. The highest BCUT2D eigenvalue weighted by Crippen LogP contribution is 2.28. The van der Waals surface area contributed by atoms with E-state index in [-0.39, 0.29) is 28.0 Å². The van der Waals surface area contributed by atoms with Crippen molar-refractivity contribution >= 4 is 63.9 Å². The molecule has 0 saturated heterocycles. The maximum atomic E-state index is 12.2. The van der Waals surface area contributed by atoms with Gasteiger partial charge in [-0.2, -0.15) is 0 Å². The van der Waals surface area contributed by atoms with Gasteiger partial charge in [0.2, 0.25) is 11.6 Å². The van der Waals surface area contributed by atoms with Gasteiger partial charge in [-0.25, -0.2) is 9.97 Å². The Morgan fingerprint density at radius 1 is 0.941 bits per heavy atom. The van der Waals surface area contributed by atoms with E-state index in [1.54, 1.807) is 0 Å². The number of rotatable bonds is 9. The van der Waals surface area contributed by atoms with Gasteiger partial charge in [-0.3, -0.25) is 41.4 Å². The lowest BCUT2D eigenvalue weighted by Gasteiger charge is -2.12. The Morgan fingerprint density at radius 3 is 2.18 bits per heavy atom. The Bertz CT molecular complexity index is 1230. The molecule has 0 unspecified atom stereocenters. The fourth-order valence-electron chi connectivity index (χ4n) is 2.42. The van der Waals surface area contributed by atoms with Gasteiger partial charge in [0.1, 0.15) is 12.1 Å². The van der Waals surface area contributed by atoms with Gasteiger partial charge in [-0.05, 0) is 42.5 Å². The lowest BCUT2D eigenvalue weighted by atomic mass is 10.2. The number of benzene rings is 2. The zero-order valence-corrected chi connectivity index (χ0v) is 19.1. The second-order valence-electron chi connectivity index (χ2n) is 6.30. The van der Waals surface area contributed by atoms with E-state index < -0.39 is 29.0 Å². The summed E-state index contributed by atoms with van der Waals surface area (Å²) in [6.07, 6.45) is 0.988. The fourth-order valence-corrected chi connectivity index (χ4v) is 3.01. The van der Waals surface area contributed by atoms with Crippen LogP contribution in [0.2, 0.25) is 15.1 Å². The summed E-state index contributed by atoms with van der Waals surface area (Å²) < 4.78 is 5.28. The van der Waals surface area contributed by atoms with Crippen LogP contribution in [0.15, 0.2) is 48.8 Å². The van der Waals surface area contributed by atoms with E-state index in [1.165, 1.54) is 42.5 Å². The molecule has 15 heteroatoms. The second kappa shape index (κ2) is 11.3. The number of carbonyl (C=O) groups is 2. The summed E-state index contributed by atoms with van der Waals surface area (Å²) in [5.74, 6) is -1.74. The van der Waals surface area contributed by atoms with Crippen molar-refractivity contribution in [1.29, 1.82) is 0 Å². The van der Waals surface area contributed by atoms with Crippen LogP contribution >= 0.6 is 34.8 Å². The van der Waals surface area contributed by atoms with E-state index in [9.17, 15) is 19.7 Å². The van der Waals surface area contributed by atoms with Gasteiger partial charge in [0, 0.05) is 15.6 Å². The average Bonchev–Trinajstić information content (AvgIpc) is 2.80. The second-order valence-corrected chi connectivity index (χ2v) is 7.58. The molecule has 0 aliphatic carbocycles. The molecule has 3 rings (SSSR count).